The van der Waals surface area contributed by atoms with E-state index in [-0.39, 0.29) is 72.8 Å². The van der Waals surface area contributed by atoms with Crippen LogP contribution in [0.25, 0.3) is 0 Å². The van der Waals surface area contributed by atoms with E-state index in [2.05, 4.69) is 32.6 Å². The first-order chi connectivity index (χ1) is 18.7. The van der Waals surface area contributed by atoms with Gasteiger partial charge in [-0.2, -0.15) is 0 Å². The van der Waals surface area contributed by atoms with Gasteiger partial charge in [0.25, 0.3) is 0 Å². The summed E-state index contributed by atoms with van der Waals surface area (Å²) in [6.45, 7) is 10.4. The Morgan fingerprint density at radius 2 is 1.95 bits per heavy atom. The van der Waals surface area contributed by atoms with Crippen LogP contribution in [0.3, 0.4) is 0 Å². The maximum atomic E-state index is 13.1. The number of aliphatic hydroxyl groups is 1. The molecule has 4 rings (SSSR count). The molecular formula is C32H51NO6. The highest BCUT2D eigenvalue weighted by Gasteiger charge is 2.41. The second-order valence-electron chi connectivity index (χ2n) is 12.3. The van der Waals surface area contributed by atoms with Crippen LogP contribution in [0.4, 0.5) is 0 Å². The van der Waals surface area contributed by atoms with Crippen molar-refractivity contribution in [3.8, 4) is 0 Å². The van der Waals surface area contributed by atoms with Crippen LogP contribution in [0.15, 0.2) is 36.0 Å². The van der Waals surface area contributed by atoms with Gasteiger partial charge in [-0.1, -0.05) is 44.2 Å². The minimum absolute atomic E-state index is 0.0150. The minimum atomic E-state index is -0.586. The van der Waals surface area contributed by atoms with Gasteiger partial charge in [0.2, 0.25) is 0 Å². The fraction of sp³-hybridized carbons (Fsp3) is 0.781. The maximum absolute atomic E-state index is 13.1. The summed E-state index contributed by atoms with van der Waals surface area (Å²) in [5.41, 5.74) is 8.98. The molecule has 2 aliphatic heterocycles. The van der Waals surface area contributed by atoms with Gasteiger partial charge in [-0.05, 0) is 82.1 Å². The highest BCUT2D eigenvalue weighted by Crippen LogP contribution is 2.46. The average molecular weight is 546 g/mol. The smallest absolute Gasteiger partial charge is 0.306 e. The van der Waals surface area contributed by atoms with Gasteiger partial charge in [0.15, 0.2) is 6.29 Å². The van der Waals surface area contributed by atoms with E-state index in [0.717, 1.165) is 56.9 Å². The highest BCUT2D eigenvalue weighted by atomic mass is 16.7. The summed E-state index contributed by atoms with van der Waals surface area (Å²) >= 11 is 0. The fourth-order valence-electron chi connectivity index (χ4n) is 7.05. The molecule has 2 aliphatic carbocycles. The SMILES string of the molecule is C=CC1=C2C[C@H](OC3OC(C)CCC3OC)CC2C=CC1[C@@H]1CC(=O)O[C@@H](CC)CCC[C@H](N)[C@@H](C)C(O)C1. The lowest BCUT2D eigenvalue weighted by molar-refractivity contribution is -0.257. The van der Waals surface area contributed by atoms with Crippen molar-refractivity contribution in [2.45, 2.75) is 128 Å². The Labute approximate surface area is 235 Å². The Morgan fingerprint density at radius 1 is 1.15 bits per heavy atom. The molecule has 6 unspecified atom stereocenters. The number of carbonyl (C=O) groups is 1. The summed E-state index contributed by atoms with van der Waals surface area (Å²) in [6.07, 6.45) is 13.2. The van der Waals surface area contributed by atoms with Crippen molar-refractivity contribution in [1.29, 1.82) is 0 Å². The van der Waals surface area contributed by atoms with Crippen molar-refractivity contribution in [3.63, 3.8) is 0 Å². The summed E-state index contributed by atoms with van der Waals surface area (Å²) in [5, 5.41) is 11.2. The van der Waals surface area contributed by atoms with Crippen molar-refractivity contribution in [2.75, 3.05) is 7.11 Å². The maximum Gasteiger partial charge on any atom is 0.306 e. The lowest BCUT2D eigenvalue weighted by atomic mass is 9.72. The van der Waals surface area contributed by atoms with Crippen LogP contribution < -0.4 is 5.73 Å². The van der Waals surface area contributed by atoms with Crippen LogP contribution in [0, 0.1) is 23.7 Å². The van der Waals surface area contributed by atoms with E-state index in [9.17, 15) is 9.90 Å². The van der Waals surface area contributed by atoms with Crippen molar-refractivity contribution >= 4 is 5.97 Å². The van der Waals surface area contributed by atoms with Crippen molar-refractivity contribution < 1.29 is 28.8 Å². The number of cyclic esters (lactones) is 1. The first kappa shape index (κ1) is 30.4. The zero-order chi connectivity index (χ0) is 28.1. The molecule has 0 aromatic carbocycles. The summed E-state index contributed by atoms with van der Waals surface area (Å²) in [7, 11) is 1.72. The molecule has 0 amide bonds. The normalized spacial score (nSPS) is 42.3. The van der Waals surface area contributed by atoms with E-state index in [0.29, 0.717) is 6.42 Å². The lowest BCUT2D eigenvalue weighted by Gasteiger charge is -2.35. The van der Waals surface area contributed by atoms with Gasteiger partial charge >= 0.3 is 5.97 Å². The molecule has 4 aliphatic rings. The quantitative estimate of drug-likeness (QED) is 0.349. The molecule has 7 heteroatoms. The molecule has 2 heterocycles. The van der Waals surface area contributed by atoms with Gasteiger partial charge in [-0.15, -0.1) is 0 Å². The summed E-state index contributed by atoms with van der Waals surface area (Å²) < 4.78 is 24.2. The molecule has 1 saturated carbocycles. The first-order valence-corrected chi connectivity index (χ1v) is 15.2. The van der Waals surface area contributed by atoms with Crippen LogP contribution in [0.2, 0.25) is 0 Å². The Hall–Kier alpha value is -1.51. The van der Waals surface area contributed by atoms with E-state index < -0.39 is 6.10 Å². The molecule has 2 saturated heterocycles. The molecule has 0 spiro atoms. The number of fused-ring (bicyclic) bond motifs is 1. The Morgan fingerprint density at radius 3 is 2.67 bits per heavy atom. The fourth-order valence-corrected chi connectivity index (χ4v) is 7.05. The van der Waals surface area contributed by atoms with Gasteiger partial charge < -0.3 is 29.8 Å². The van der Waals surface area contributed by atoms with Crippen LogP contribution >= 0.6 is 0 Å². The molecule has 39 heavy (non-hydrogen) atoms. The van der Waals surface area contributed by atoms with Crippen molar-refractivity contribution in [1.82, 2.24) is 0 Å². The zero-order valence-corrected chi connectivity index (χ0v) is 24.4. The van der Waals surface area contributed by atoms with Crippen LogP contribution in [-0.4, -0.2) is 61.0 Å². The molecule has 7 nitrogen and oxygen atoms in total. The summed E-state index contributed by atoms with van der Waals surface area (Å²) in [6, 6.07) is -0.0785. The molecule has 0 aromatic heterocycles. The van der Waals surface area contributed by atoms with Crippen molar-refractivity contribution in [2.24, 2.45) is 29.4 Å². The highest BCUT2D eigenvalue weighted by molar-refractivity contribution is 5.70. The van der Waals surface area contributed by atoms with E-state index in [4.69, 9.17) is 24.7 Å². The molecule has 0 aromatic rings. The number of ether oxygens (including phenoxy) is 4. The van der Waals surface area contributed by atoms with Gasteiger partial charge in [0.1, 0.15) is 12.2 Å². The molecule has 11 atom stereocenters. The predicted octanol–water partition coefficient (Wildman–Crippen LogP) is 5.22. The second kappa shape index (κ2) is 13.9. The first-order valence-electron chi connectivity index (χ1n) is 15.2. The number of esters is 1. The largest absolute Gasteiger partial charge is 0.462 e. The van der Waals surface area contributed by atoms with E-state index in [1.807, 2.05) is 13.0 Å². The summed E-state index contributed by atoms with van der Waals surface area (Å²) in [4.78, 5) is 13.1. The van der Waals surface area contributed by atoms with Crippen LogP contribution in [0.1, 0.15) is 85.0 Å². The average Bonchev–Trinajstić information content (AvgIpc) is 3.33. The number of hydrogen-bond donors (Lipinski definition) is 2. The number of aliphatic hydroxyl groups excluding tert-OH is 1. The van der Waals surface area contributed by atoms with Gasteiger partial charge in [-0.3, -0.25) is 4.79 Å². The van der Waals surface area contributed by atoms with E-state index >= 15 is 0 Å². The third kappa shape index (κ3) is 7.42. The van der Waals surface area contributed by atoms with Crippen LogP contribution in [-0.2, 0) is 23.7 Å². The molecule has 3 N–H and O–H groups in total. The number of rotatable bonds is 6. The van der Waals surface area contributed by atoms with Crippen LogP contribution in [0.5, 0.6) is 0 Å². The minimum Gasteiger partial charge on any atom is -0.462 e. The van der Waals surface area contributed by atoms with Gasteiger partial charge in [0, 0.05) is 31.4 Å². The molecular weight excluding hydrogens is 494 g/mol. The topological polar surface area (TPSA) is 100 Å². The number of hydrogen-bond acceptors (Lipinski definition) is 7. The van der Waals surface area contributed by atoms with E-state index in [1.54, 1.807) is 7.11 Å². The predicted molar refractivity (Wildman–Crippen MR) is 152 cm³/mol. The summed E-state index contributed by atoms with van der Waals surface area (Å²) in [5.74, 6) is -0.0569. The third-order valence-electron chi connectivity index (χ3n) is 9.65. The van der Waals surface area contributed by atoms with Crippen molar-refractivity contribution in [3.05, 3.63) is 36.0 Å². The Bertz CT molecular complexity index is 901. The van der Waals surface area contributed by atoms with Gasteiger partial charge in [-0.25, -0.2) is 0 Å². The standard InChI is InChI=1S/C32H51NO6/c1-6-23-9-8-10-28(33)20(4)29(34)16-22(17-31(35)38-23)26-13-12-21-15-24(18-27(21)25(26)7-2)39-32-30(36-5)14-11-19(3)37-32/h7,12-13,19-24,26,28-30,32,34H,2,6,8-11,14-18,33H2,1,3-5H3/t19?,20-,21?,22+,23+,24-,26?,28+,29?,30?,32?/m1/s1. The number of carbonyl (C=O) groups excluding carboxylic acids is 1. The molecule has 0 bridgehead atoms. The second-order valence-corrected chi connectivity index (χ2v) is 12.3. The van der Waals surface area contributed by atoms with Gasteiger partial charge in [0.05, 0.1) is 18.3 Å². The molecule has 3 fully saturated rings. The number of methoxy groups -OCH3 is 1. The monoisotopic (exact) mass is 545 g/mol. The molecule has 220 valence electrons. The number of allylic oxidation sites excluding steroid dienone is 4. The molecule has 0 radical (unpaired) electrons. The third-order valence-corrected chi connectivity index (χ3v) is 9.65. The Balaban J connectivity index is 1.53. The van der Waals surface area contributed by atoms with E-state index in [1.165, 1.54) is 5.57 Å². The lowest BCUT2D eigenvalue weighted by Crippen LogP contribution is -2.42. The Kier molecular flexibility index (Phi) is 10.9. The number of nitrogens with two attached hydrogens (primary N) is 1. The zero-order valence-electron chi connectivity index (χ0n) is 24.4.